The molecule has 0 aliphatic heterocycles. The van der Waals surface area contributed by atoms with Crippen LogP contribution in [0.15, 0.2) is 30.3 Å². The number of nitrogens with two attached hydrogens (primary N) is 1. The number of carboxylic acids is 1. The summed E-state index contributed by atoms with van der Waals surface area (Å²) in [5.41, 5.74) is 1.13. The van der Waals surface area contributed by atoms with Crippen molar-refractivity contribution in [2.45, 2.75) is 52.2 Å². The number of hydrazine groups is 1. The van der Waals surface area contributed by atoms with Crippen molar-refractivity contribution in [3.05, 3.63) is 35.9 Å². The van der Waals surface area contributed by atoms with Gasteiger partial charge in [-0.2, -0.15) is 0 Å². The Labute approximate surface area is 143 Å². The summed E-state index contributed by atoms with van der Waals surface area (Å²) in [5.74, 6) is 3.30. The molecule has 2 unspecified atom stereocenters. The van der Waals surface area contributed by atoms with E-state index in [9.17, 15) is 19.8 Å². The van der Waals surface area contributed by atoms with Crippen LogP contribution < -0.4 is 5.84 Å². The second-order valence-corrected chi connectivity index (χ2v) is 6.59. The number of hydrogen-bond donors (Lipinski definition) is 3. The third-order valence-electron chi connectivity index (χ3n) is 4.09. The minimum absolute atomic E-state index is 0.254. The van der Waals surface area contributed by atoms with Gasteiger partial charge < -0.3 is 10.2 Å². The summed E-state index contributed by atoms with van der Waals surface area (Å²) in [5, 5.41) is 20.1. The predicted octanol–water partition coefficient (Wildman–Crippen LogP) is 1.82. The minimum Gasteiger partial charge on any atom is -0.480 e. The molecule has 0 aromatic heterocycles. The first-order valence-electron chi connectivity index (χ1n) is 8.26. The minimum atomic E-state index is -1.13. The zero-order valence-corrected chi connectivity index (χ0v) is 14.6. The number of carbonyl (C=O) groups is 2. The van der Waals surface area contributed by atoms with Gasteiger partial charge in [-0.3, -0.25) is 9.80 Å². The van der Waals surface area contributed by atoms with Gasteiger partial charge in [0.05, 0.1) is 6.10 Å². The fourth-order valence-corrected chi connectivity index (χ4v) is 2.72. The number of amides is 1. The van der Waals surface area contributed by atoms with E-state index in [2.05, 4.69) is 0 Å². The van der Waals surface area contributed by atoms with Gasteiger partial charge in [-0.15, -0.1) is 0 Å². The maximum atomic E-state index is 12.3. The van der Waals surface area contributed by atoms with Crippen LogP contribution in [0.2, 0.25) is 0 Å². The Kier molecular flexibility index (Phi) is 7.88. The third-order valence-corrected chi connectivity index (χ3v) is 4.09. The number of hydrogen-bond acceptors (Lipinski definition) is 4. The summed E-state index contributed by atoms with van der Waals surface area (Å²) < 4.78 is 0. The Morgan fingerprint density at radius 1 is 1.17 bits per heavy atom. The van der Waals surface area contributed by atoms with E-state index >= 15 is 0 Å². The highest BCUT2D eigenvalue weighted by atomic mass is 16.4. The van der Waals surface area contributed by atoms with Crippen LogP contribution in [0.25, 0.3) is 0 Å². The first-order valence-corrected chi connectivity index (χ1v) is 8.26. The molecule has 0 heterocycles. The van der Waals surface area contributed by atoms with E-state index in [1.807, 2.05) is 30.3 Å². The van der Waals surface area contributed by atoms with Gasteiger partial charge in [-0.25, -0.2) is 10.6 Å². The molecule has 6 heteroatoms. The van der Waals surface area contributed by atoms with Gasteiger partial charge in [0.25, 0.3) is 0 Å². The van der Waals surface area contributed by atoms with Gasteiger partial charge in [0.1, 0.15) is 6.04 Å². The summed E-state index contributed by atoms with van der Waals surface area (Å²) in [7, 11) is 0. The molecule has 0 aliphatic carbocycles. The van der Waals surface area contributed by atoms with Crippen molar-refractivity contribution in [3.63, 3.8) is 0 Å². The Balaban J connectivity index is 2.54. The van der Waals surface area contributed by atoms with E-state index in [1.54, 1.807) is 20.8 Å². The number of carbonyl (C=O) groups excluding carboxylic acids is 1. The topological polar surface area (TPSA) is 104 Å². The van der Waals surface area contributed by atoms with Crippen molar-refractivity contribution in [1.29, 1.82) is 0 Å². The van der Waals surface area contributed by atoms with E-state index in [0.717, 1.165) is 17.0 Å². The van der Waals surface area contributed by atoms with Crippen molar-refractivity contribution in [3.8, 4) is 0 Å². The number of aryl methyl sites for hydroxylation is 1. The average Bonchev–Trinajstić information content (AvgIpc) is 2.52. The van der Waals surface area contributed by atoms with Crippen LogP contribution in [-0.2, 0) is 16.0 Å². The number of carboxylic acid groups (broad SMARTS) is 1. The molecule has 4 N–H and O–H groups in total. The van der Waals surface area contributed by atoms with Gasteiger partial charge in [-0.1, -0.05) is 51.1 Å². The lowest BCUT2D eigenvalue weighted by Crippen LogP contribution is -2.54. The fraction of sp³-hybridized carbons (Fsp3) is 0.556. The number of aliphatic hydroxyl groups excluding tert-OH is 1. The Bertz CT molecular complexity index is 533. The lowest BCUT2D eigenvalue weighted by atomic mass is 9.96. The number of aliphatic carboxylic acids is 1. The summed E-state index contributed by atoms with van der Waals surface area (Å²) in [4.78, 5) is 23.6. The number of aliphatic hydroxyl groups is 1. The van der Waals surface area contributed by atoms with E-state index < -0.39 is 29.9 Å². The van der Waals surface area contributed by atoms with Crippen LogP contribution in [0.3, 0.4) is 0 Å². The molecule has 3 atom stereocenters. The quantitative estimate of drug-likeness (QED) is 0.362. The fourth-order valence-electron chi connectivity index (χ4n) is 2.72. The van der Waals surface area contributed by atoms with Crippen molar-refractivity contribution in [1.82, 2.24) is 5.01 Å². The second kappa shape index (κ2) is 9.39. The van der Waals surface area contributed by atoms with Crippen LogP contribution in [0.1, 0.15) is 39.2 Å². The second-order valence-electron chi connectivity index (χ2n) is 6.59. The molecule has 0 fully saturated rings. The maximum Gasteiger partial charge on any atom is 0.328 e. The molecule has 0 radical (unpaired) electrons. The van der Waals surface area contributed by atoms with Crippen molar-refractivity contribution < 1.29 is 19.8 Å². The SMILES string of the molecule is CC(CC(O)CCc1ccccc1)C(=O)N(N)[C@H](C(=O)O)C(C)C. The molecular weight excluding hydrogens is 308 g/mol. The molecule has 0 saturated heterocycles. The summed E-state index contributed by atoms with van der Waals surface area (Å²) in [6.07, 6.45) is 0.876. The Hall–Kier alpha value is -1.92. The van der Waals surface area contributed by atoms with Crippen LogP contribution in [0.4, 0.5) is 0 Å². The first-order chi connectivity index (χ1) is 11.2. The largest absolute Gasteiger partial charge is 0.480 e. The van der Waals surface area contributed by atoms with E-state index in [1.165, 1.54) is 0 Å². The highest BCUT2D eigenvalue weighted by Crippen LogP contribution is 2.17. The lowest BCUT2D eigenvalue weighted by molar-refractivity contribution is -0.154. The van der Waals surface area contributed by atoms with E-state index in [-0.39, 0.29) is 12.3 Å². The number of benzene rings is 1. The molecule has 0 spiro atoms. The smallest absolute Gasteiger partial charge is 0.328 e. The molecule has 1 rings (SSSR count). The summed E-state index contributed by atoms with van der Waals surface area (Å²) in [6.45, 7) is 5.06. The molecule has 0 bridgehead atoms. The zero-order valence-electron chi connectivity index (χ0n) is 14.6. The van der Waals surface area contributed by atoms with Gasteiger partial charge >= 0.3 is 5.97 Å². The third kappa shape index (κ3) is 5.94. The first kappa shape index (κ1) is 20.1. The van der Waals surface area contributed by atoms with E-state index in [0.29, 0.717) is 6.42 Å². The summed E-state index contributed by atoms with van der Waals surface area (Å²) >= 11 is 0. The molecule has 0 saturated carbocycles. The molecular formula is C18H28N2O4. The highest BCUT2D eigenvalue weighted by molar-refractivity contribution is 5.84. The normalized spacial score (nSPS) is 14.9. The van der Waals surface area contributed by atoms with Gasteiger partial charge in [-0.05, 0) is 30.7 Å². The van der Waals surface area contributed by atoms with Crippen LogP contribution in [-0.4, -0.2) is 39.2 Å². The van der Waals surface area contributed by atoms with Gasteiger partial charge in [0.2, 0.25) is 5.91 Å². The van der Waals surface area contributed by atoms with E-state index in [4.69, 9.17) is 5.84 Å². The monoisotopic (exact) mass is 336 g/mol. The zero-order chi connectivity index (χ0) is 18.3. The maximum absolute atomic E-state index is 12.3. The van der Waals surface area contributed by atoms with Crippen LogP contribution in [0, 0.1) is 11.8 Å². The molecule has 1 amide bonds. The Morgan fingerprint density at radius 2 is 1.75 bits per heavy atom. The Morgan fingerprint density at radius 3 is 2.25 bits per heavy atom. The molecule has 1 aromatic carbocycles. The highest BCUT2D eigenvalue weighted by Gasteiger charge is 2.33. The predicted molar refractivity (Wildman–Crippen MR) is 91.8 cm³/mol. The van der Waals surface area contributed by atoms with Crippen LogP contribution >= 0.6 is 0 Å². The number of rotatable bonds is 9. The van der Waals surface area contributed by atoms with Gasteiger partial charge in [0.15, 0.2) is 0 Å². The standard InChI is InChI=1S/C18H28N2O4/c1-12(2)16(18(23)24)20(19)17(22)13(3)11-15(21)10-9-14-7-5-4-6-8-14/h4-8,12-13,15-16,21H,9-11,19H2,1-3H3,(H,23,24)/t13?,15?,16-/m0/s1. The van der Waals surface area contributed by atoms with Gasteiger partial charge in [0, 0.05) is 5.92 Å². The molecule has 24 heavy (non-hydrogen) atoms. The number of nitrogens with zero attached hydrogens (tertiary/aromatic N) is 1. The molecule has 134 valence electrons. The van der Waals surface area contributed by atoms with Crippen molar-refractivity contribution in [2.24, 2.45) is 17.7 Å². The summed E-state index contributed by atoms with van der Waals surface area (Å²) in [6, 6.07) is 8.73. The van der Waals surface area contributed by atoms with Crippen molar-refractivity contribution >= 4 is 11.9 Å². The van der Waals surface area contributed by atoms with Crippen molar-refractivity contribution in [2.75, 3.05) is 0 Å². The lowest BCUT2D eigenvalue weighted by Gasteiger charge is -2.29. The molecule has 0 aliphatic rings. The average molecular weight is 336 g/mol. The van der Waals surface area contributed by atoms with Crippen LogP contribution in [0.5, 0.6) is 0 Å². The molecule has 1 aromatic rings. The molecule has 6 nitrogen and oxygen atoms in total.